The molecule has 0 bridgehead atoms. The molecule has 0 aliphatic carbocycles. The number of carbonyl (C=O) groups excluding carboxylic acids is 1. The number of hydrogen-bond acceptors (Lipinski definition) is 7. The molecule has 1 aromatic rings. The van der Waals surface area contributed by atoms with Gasteiger partial charge in [-0.3, -0.25) is 19.5 Å². The average Bonchev–Trinajstić information content (AvgIpc) is 2.55. The van der Waals surface area contributed by atoms with Crippen molar-refractivity contribution in [3.8, 4) is 0 Å². The fourth-order valence-electron chi connectivity index (χ4n) is 2.69. The van der Waals surface area contributed by atoms with E-state index in [4.69, 9.17) is 0 Å². The Labute approximate surface area is 150 Å². The van der Waals surface area contributed by atoms with Crippen LogP contribution < -0.4 is 16.0 Å². The molecule has 3 rings (SSSR count). The molecule has 13 heteroatoms. The average molecular weight is 402 g/mol. The summed E-state index contributed by atoms with van der Waals surface area (Å²) < 4.78 is 27.3. The molecule has 2 aliphatic rings. The number of aromatic nitrogens is 2. The summed E-state index contributed by atoms with van der Waals surface area (Å²) in [7, 11) is -4.47. The lowest BCUT2D eigenvalue weighted by molar-refractivity contribution is -0.148. The minimum atomic E-state index is -4.47. The molecule has 2 atom stereocenters. The highest BCUT2D eigenvalue weighted by atomic mass is 32.2. The molecule has 0 aromatic carbocycles. The number of β-lactam (4-membered cyclic amide) rings is 1. The topological polar surface area (TPSA) is 159 Å². The second kappa shape index (κ2) is 6.10. The first-order valence-corrected chi connectivity index (χ1v) is 9.76. The number of H-pyrrole nitrogens is 1. The number of hydrogen-bond donors (Lipinski definition) is 3. The number of aromatic amines is 1. The first kappa shape index (κ1) is 18.4. The molecule has 11 nitrogen and oxygen atoms in total. The van der Waals surface area contributed by atoms with Crippen molar-refractivity contribution in [3.63, 3.8) is 0 Å². The monoisotopic (exact) mass is 402 g/mol. The molecule has 0 radical (unpaired) electrons. The maximum atomic E-state index is 12.4. The van der Waals surface area contributed by atoms with E-state index in [1.54, 1.807) is 6.92 Å². The SMILES string of the molecule is CC1=C(C(=O)O)N2C(=O)[C@@H](NS(=O)(=O)n3cc(C)c(=O)[nH]c3=O)C2SC1. The third-order valence-electron chi connectivity index (χ3n) is 3.99. The van der Waals surface area contributed by atoms with Gasteiger partial charge in [-0.2, -0.15) is 17.1 Å². The predicted octanol–water partition coefficient (Wildman–Crippen LogP) is -1.83. The Kier molecular flexibility index (Phi) is 4.32. The lowest BCUT2D eigenvalue weighted by atomic mass is 10.0. The highest BCUT2D eigenvalue weighted by Crippen LogP contribution is 2.40. The van der Waals surface area contributed by atoms with Crippen LogP contribution in [-0.2, 0) is 19.8 Å². The molecule has 26 heavy (non-hydrogen) atoms. The zero-order chi connectivity index (χ0) is 19.4. The van der Waals surface area contributed by atoms with Gasteiger partial charge < -0.3 is 5.11 Å². The van der Waals surface area contributed by atoms with E-state index in [1.165, 1.54) is 18.7 Å². The zero-order valence-corrected chi connectivity index (χ0v) is 15.2. The number of carboxylic acids is 1. The van der Waals surface area contributed by atoms with Crippen LogP contribution in [0.15, 0.2) is 27.1 Å². The summed E-state index contributed by atoms with van der Waals surface area (Å²) in [5, 5.41) is 8.53. The van der Waals surface area contributed by atoms with Crippen molar-refractivity contribution in [1.29, 1.82) is 0 Å². The normalized spacial score (nSPS) is 22.8. The number of fused-ring (bicyclic) bond motifs is 1. The molecule has 1 aromatic heterocycles. The Hall–Kier alpha value is -2.38. The van der Waals surface area contributed by atoms with Crippen molar-refractivity contribution in [2.75, 3.05) is 5.75 Å². The van der Waals surface area contributed by atoms with Gasteiger partial charge in [0.15, 0.2) is 0 Å². The molecule has 1 unspecified atom stereocenters. The van der Waals surface area contributed by atoms with E-state index < -0.39 is 44.8 Å². The molecule has 0 saturated carbocycles. The van der Waals surface area contributed by atoms with Gasteiger partial charge in [-0.25, -0.2) is 9.59 Å². The molecule has 140 valence electrons. The van der Waals surface area contributed by atoms with Crippen LogP contribution in [0.4, 0.5) is 0 Å². The highest BCUT2D eigenvalue weighted by Gasteiger charge is 2.54. The van der Waals surface area contributed by atoms with E-state index in [0.717, 1.165) is 11.1 Å². The van der Waals surface area contributed by atoms with Crippen molar-refractivity contribution in [2.45, 2.75) is 25.3 Å². The van der Waals surface area contributed by atoms with Crippen LogP contribution in [0.5, 0.6) is 0 Å². The number of aliphatic carboxylic acids is 1. The first-order valence-electron chi connectivity index (χ1n) is 7.27. The van der Waals surface area contributed by atoms with Gasteiger partial charge in [-0.15, -0.1) is 11.8 Å². The number of carboxylic acid groups (broad SMARTS) is 1. The Balaban J connectivity index is 1.91. The Morgan fingerprint density at radius 1 is 1.35 bits per heavy atom. The molecule has 1 saturated heterocycles. The Morgan fingerprint density at radius 2 is 2.00 bits per heavy atom. The van der Waals surface area contributed by atoms with Gasteiger partial charge >= 0.3 is 21.9 Å². The van der Waals surface area contributed by atoms with Gasteiger partial charge in [0.05, 0.1) is 0 Å². The first-order chi connectivity index (χ1) is 12.0. The van der Waals surface area contributed by atoms with Crippen LogP contribution in [0.25, 0.3) is 0 Å². The summed E-state index contributed by atoms with van der Waals surface area (Å²) in [5.41, 5.74) is -1.56. The van der Waals surface area contributed by atoms with Gasteiger partial charge in [0, 0.05) is 17.5 Å². The second-order valence-corrected chi connectivity index (χ2v) is 8.50. The van der Waals surface area contributed by atoms with E-state index in [0.29, 0.717) is 15.3 Å². The summed E-state index contributed by atoms with van der Waals surface area (Å²) in [6.07, 6.45) is 0.852. The third-order valence-corrected chi connectivity index (χ3v) is 6.75. The molecule has 1 fully saturated rings. The predicted molar refractivity (Wildman–Crippen MR) is 90.7 cm³/mol. The van der Waals surface area contributed by atoms with Crippen molar-refractivity contribution < 1.29 is 23.1 Å². The van der Waals surface area contributed by atoms with Gasteiger partial charge in [0.1, 0.15) is 17.1 Å². The zero-order valence-electron chi connectivity index (χ0n) is 13.5. The van der Waals surface area contributed by atoms with Crippen LogP contribution in [0.2, 0.25) is 0 Å². The Morgan fingerprint density at radius 3 is 2.62 bits per heavy atom. The molecular formula is C13H14N4O7S2. The minimum absolute atomic E-state index is 0.00435. The lowest BCUT2D eigenvalue weighted by Gasteiger charge is -2.49. The summed E-state index contributed by atoms with van der Waals surface area (Å²) in [6, 6.07) is -1.22. The third kappa shape index (κ3) is 2.77. The number of nitrogens with zero attached hydrogens (tertiary/aromatic N) is 2. The van der Waals surface area contributed by atoms with E-state index in [1.807, 2.05) is 4.98 Å². The lowest BCUT2D eigenvalue weighted by Crippen LogP contribution is -2.71. The smallest absolute Gasteiger partial charge is 0.352 e. The maximum Gasteiger partial charge on any atom is 0.352 e. The fraction of sp³-hybridized carbons (Fsp3) is 0.385. The van der Waals surface area contributed by atoms with E-state index in [2.05, 4.69) is 4.72 Å². The van der Waals surface area contributed by atoms with Gasteiger partial charge in [-0.05, 0) is 19.4 Å². The number of amides is 1. The maximum absolute atomic E-state index is 12.4. The van der Waals surface area contributed by atoms with Crippen LogP contribution in [0, 0.1) is 6.92 Å². The number of rotatable bonds is 4. The molecule has 3 N–H and O–H groups in total. The summed E-state index contributed by atoms with van der Waals surface area (Å²) in [4.78, 5) is 49.7. The van der Waals surface area contributed by atoms with Crippen LogP contribution in [0.1, 0.15) is 12.5 Å². The molecule has 3 heterocycles. The summed E-state index contributed by atoms with van der Waals surface area (Å²) in [5.74, 6) is -1.67. The van der Waals surface area contributed by atoms with E-state index in [9.17, 15) is 32.7 Å². The Bertz CT molecular complexity index is 1070. The summed E-state index contributed by atoms with van der Waals surface area (Å²) in [6.45, 7) is 2.91. The highest BCUT2D eigenvalue weighted by molar-refractivity contribution is 8.00. The second-order valence-electron chi connectivity index (χ2n) is 5.81. The van der Waals surface area contributed by atoms with Gasteiger partial charge in [0.2, 0.25) is 5.91 Å². The number of nitrogens with one attached hydrogen (secondary N) is 2. The largest absolute Gasteiger partial charge is 0.477 e. The number of thioether (sulfide) groups is 1. The quantitative estimate of drug-likeness (QED) is 0.496. The molecular weight excluding hydrogens is 388 g/mol. The van der Waals surface area contributed by atoms with Crippen LogP contribution in [0.3, 0.4) is 0 Å². The number of aryl methyl sites for hydroxylation is 1. The summed E-state index contributed by atoms with van der Waals surface area (Å²) >= 11 is 1.21. The fourth-order valence-corrected chi connectivity index (χ4v) is 5.29. The van der Waals surface area contributed by atoms with Crippen molar-refractivity contribution >= 4 is 33.8 Å². The van der Waals surface area contributed by atoms with E-state index >= 15 is 0 Å². The standard InChI is InChI=1S/C13H14N4O7S2/c1-5-3-16(13(22)14-9(5)18)26(23,24)15-7-10(19)17-8(12(20)21)6(2)4-25-11(7)17/h3,7,11,15H,4H2,1-2H3,(H,20,21)(H,14,18,22)/t7-,11?/m1/s1. The van der Waals surface area contributed by atoms with Crippen molar-refractivity contribution in [3.05, 3.63) is 43.9 Å². The number of carbonyl (C=O) groups is 2. The van der Waals surface area contributed by atoms with Crippen molar-refractivity contribution in [1.82, 2.24) is 18.6 Å². The van der Waals surface area contributed by atoms with E-state index in [-0.39, 0.29) is 11.3 Å². The van der Waals surface area contributed by atoms with Crippen LogP contribution in [-0.4, -0.2) is 56.4 Å². The molecule has 0 spiro atoms. The van der Waals surface area contributed by atoms with Crippen molar-refractivity contribution in [2.24, 2.45) is 0 Å². The van der Waals surface area contributed by atoms with Gasteiger partial charge in [0.25, 0.3) is 5.56 Å². The van der Waals surface area contributed by atoms with Gasteiger partial charge in [-0.1, -0.05) is 0 Å². The molecule has 2 aliphatic heterocycles. The minimum Gasteiger partial charge on any atom is -0.477 e. The molecule has 1 amide bonds. The van der Waals surface area contributed by atoms with Crippen LogP contribution >= 0.6 is 11.8 Å².